The van der Waals surface area contributed by atoms with Gasteiger partial charge in [-0.3, -0.25) is 14.4 Å². The van der Waals surface area contributed by atoms with Gasteiger partial charge in [-0.15, -0.1) is 11.3 Å². The normalized spacial score (nSPS) is 10.6. The Kier molecular flexibility index (Phi) is 7.31. The molecule has 0 saturated carbocycles. The minimum Gasteiger partial charge on any atom is -0.359 e. The van der Waals surface area contributed by atoms with Gasteiger partial charge in [-0.2, -0.15) is 0 Å². The summed E-state index contributed by atoms with van der Waals surface area (Å²) >= 11 is 2.37. The van der Waals surface area contributed by atoms with E-state index in [1.807, 2.05) is 0 Å². The number of thioether (sulfide) groups is 1. The number of anilines is 1. The molecule has 156 valence electrons. The number of H-pyrrole nitrogens is 1. The number of nitrogens with one attached hydrogen (secondary N) is 3. The minimum atomic E-state index is -0.397. The van der Waals surface area contributed by atoms with Crippen molar-refractivity contribution in [3.63, 3.8) is 0 Å². The van der Waals surface area contributed by atoms with Crippen LogP contribution in [-0.2, 0) is 28.2 Å². The number of hydrogen-bond donors (Lipinski definition) is 3. The zero-order valence-electron chi connectivity index (χ0n) is 15.9. The maximum Gasteiger partial charge on any atom is 0.251 e. The molecule has 0 atom stereocenters. The first kappa shape index (κ1) is 21.7. The Hall–Kier alpha value is -3.05. The molecule has 3 rings (SSSR count). The van der Waals surface area contributed by atoms with Gasteiger partial charge in [0.25, 0.3) is 5.56 Å². The van der Waals surface area contributed by atoms with Gasteiger partial charge in [-0.1, -0.05) is 30.0 Å². The molecule has 8 nitrogen and oxygen atoms in total. The number of hydrogen-bond acceptors (Lipinski definition) is 7. The highest BCUT2D eigenvalue weighted by Gasteiger charge is 2.12. The number of aromatic amines is 1. The zero-order chi connectivity index (χ0) is 21.5. The van der Waals surface area contributed by atoms with Crippen LogP contribution in [0.3, 0.4) is 0 Å². The van der Waals surface area contributed by atoms with E-state index in [0.717, 1.165) is 0 Å². The maximum atomic E-state index is 13.7. The summed E-state index contributed by atoms with van der Waals surface area (Å²) in [6.07, 6.45) is 0.00260. The molecule has 2 aromatic heterocycles. The zero-order valence-corrected chi connectivity index (χ0v) is 17.5. The lowest BCUT2D eigenvalue weighted by Crippen LogP contribution is -2.20. The van der Waals surface area contributed by atoms with Gasteiger partial charge in [0.1, 0.15) is 5.82 Å². The van der Waals surface area contributed by atoms with E-state index in [2.05, 4.69) is 25.6 Å². The van der Waals surface area contributed by atoms with Crippen molar-refractivity contribution in [3.8, 4) is 0 Å². The largest absolute Gasteiger partial charge is 0.359 e. The molecule has 0 saturated heterocycles. The molecule has 0 aliphatic heterocycles. The molecular weight excluding hydrogens is 429 g/mol. The van der Waals surface area contributed by atoms with Crippen molar-refractivity contribution in [3.05, 3.63) is 68.8 Å². The number of thiazole rings is 1. The van der Waals surface area contributed by atoms with Crippen LogP contribution in [0.25, 0.3) is 0 Å². The average molecular weight is 448 g/mol. The van der Waals surface area contributed by atoms with Crippen molar-refractivity contribution in [2.24, 2.45) is 0 Å². The number of carbonyl (C=O) groups is 2. The van der Waals surface area contributed by atoms with Gasteiger partial charge in [0.05, 0.1) is 24.2 Å². The third-order valence-corrected chi connectivity index (χ3v) is 5.58. The van der Waals surface area contributed by atoms with Gasteiger partial charge < -0.3 is 15.6 Å². The van der Waals surface area contributed by atoms with Crippen molar-refractivity contribution < 1.29 is 14.0 Å². The van der Waals surface area contributed by atoms with Crippen LogP contribution >= 0.6 is 23.1 Å². The van der Waals surface area contributed by atoms with Gasteiger partial charge >= 0.3 is 0 Å². The third kappa shape index (κ3) is 6.22. The summed E-state index contributed by atoms with van der Waals surface area (Å²) in [5, 5.41) is 7.49. The van der Waals surface area contributed by atoms with Crippen molar-refractivity contribution in [2.45, 2.75) is 23.8 Å². The molecule has 0 fully saturated rings. The fraction of sp³-hybridized carbons (Fsp3) is 0.211. The highest BCUT2D eigenvalue weighted by Crippen LogP contribution is 2.20. The predicted molar refractivity (Wildman–Crippen MR) is 113 cm³/mol. The van der Waals surface area contributed by atoms with E-state index in [-0.39, 0.29) is 36.2 Å². The van der Waals surface area contributed by atoms with E-state index in [0.29, 0.717) is 27.3 Å². The van der Waals surface area contributed by atoms with Crippen molar-refractivity contribution in [1.29, 1.82) is 0 Å². The number of rotatable bonds is 8. The fourth-order valence-electron chi connectivity index (χ4n) is 2.43. The molecule has 0 unspecified atom stereocenters. The van der Waals surface area contributed by atoms with Crippen molar-refractivity contribution in [2.75, 3.05) is 12.4 Å². The number of aromatic nitrogens is 3. The Labute approximate surface area is 179 Å². The number of amides is 2. The van der Waals surface area contributed by atoms with Crippen LogP contribution in [0, 0.1) is 5.82 Å². The molecule has 0 radical (unpaired) electrons. The number of benzene rings is 1. The summed E-state index contributed by atoms with van der Waals surface area (Å²) < 4.78 is 13.7. The Morgan fingerprint density at radius 2 is 1.93 bits per heavy atom. The summed E-state index contributed by atoms with van der Waals surface area (Å²) in [5.74, 6) is -0.606. The maximum absolute atomic E-state index is 13.7. The first-order valence-electron chi connectivity index (χ1n) is 8.84. The van der Waals surface area contributed by atoms with Crippen LogP contribution in [0.5, 0.6) is 0 Å². The molecule has 2 heterocycles. The highest BCUT2D eigenvalue weighted by atomic mass is 32.2. The van der Waals surface area contributed by atoms with E-state index < -0.39 is 5.56 Å². The standard InChI is InChI=1S/C19H18FN5O3S2/c1-21-15(26)8-13-10-30-19(23-13)25-17(28)7-12-6-16(27)24-18(22-12)29-9-11-4-2-3-5-14(11)20/h2-6,10H,7-9H2,1H3,(H,21,26)(H,22,24,27)(H,23,25,28). The molecule has 3 N–H and O–H groups in total. The molecule has 11 heteroatoms. The van der Waals surface area contributed by atoms with Crippen LogP contribution in [-0.4, -0.2) is 33.8 Å². The molecule has 0 aliphatic carbocycles. The van der Waals surface area contributed by atoms with E-state index >= 15 is 0 Å². The number of carbonyl (C=O) groups excluding carboxylic acids is 2. The summed E-state index contributed by atoms with van der Waals surface area (Å²) in [5.41, 5.74) is 0.931. The molecule has 2 amide bonds. The van der Waals surface area contributed by atoms with Gasteiger partial charge in [-0.25, -0.2) is 14.4 Å². The van der Waals surface area contributed by atoms with E-state index in [9.17, 15) is 18.8 Å². The average Bonchev–Trinajstić information content (AvgIpc) is 3.13. The van der Waals surface area contributed by atoms with E-state index in [1.165, 1.54) is 42.3 Å². The monoisotopic (exact) mass is 447 g/mol. The molecule has 0 aliphatic rings. The molecule has 0 spiro atoms. The van der Waals surface area contributed by atoms with Crippen molar-refractivity contribution in [1.82, 2.24) is 20.3 Å². The second-order valence-corrected chi connectivity index (χ2v) is 7.96. The van der Waals surface area contributed by atoms with E-state index in [4.69, 9.17) is 0 Å². The molecule has 1 aromatic carbocycles. The molecule has 30 heavy (non-hydrogen) atoms. The van der Waals surface area contributed by atoms with Crippen LogP contribution in [0.15, 0.2) is 45.7 Å². The SMILES string of the molecule is CNC(=O)Cc1csc(NC(=O)Cc2cc(=O)[nH]c(SCc3ccccc3F)n2)n1. The van der Waals surface area contributed by atoms with Crippen LogP contribution in [0.4, 0.5) is 9.52 Å². The predicted octanol–water partition coefficient (Wildman–Crippen LogP) is 2.13. The second kappa shape index (κ2) is 10.1. The lowest BCUT2D eigenvalue weighted by molar-refractivity contribution is -0.120. The Bertz CT molecular complexity index is 1120. The highest BCUT2D eigenvalue weighted by molar-refractivity contribution is 7.98. The lowest BCUT2D eigenvalue weighted by Gasteiger charge is -2.05. The number of nitrogens with zero attached hydrogens (tertiary/aromatic N) is 2. The van der Waals surface area contributed by atoms with Crippen molar-refractivity contribution >= 4 is 40.0 Å². The second-order valence-electron chi connectivity index (χ2n) is 6.14. The summed E-state index contributed by atoms with van der Waals surface area (Å²) in [7, 11) is 1.54. The fourth-order valence-corrected chi connectivity index (χ4v) is 4.04. The van der Waals surface area contributed by atoms with Crippen LogP contribution in [0.2, 0.25) is 0 Å². The topological polar surface area (TPSA) is 117 Å². The molecule has 0 bridgehead atoms. The Balaban J connectivity index is 1.61. The molecular formula is C19H18FN5O3S2. The quantitative estimate of drug-likeness (QED) is 0.360. The van der Waals surface area contributed by atoms with Gasteiger partial charge in [0.2, 0.25) is 11.8 Å². The summed E-state index contributed by atoms with van der Waals surface area (Å²) in [6.45, 7) is 0. The Morgan fingerprint density at radius 1 is 1.17 bits per heavy atom. The van der Waals surface area contributed by atoms with Crippen LogP contribution in [0.1, 0.15) is 17.0 Å². The van der Waals surface area contributed by atoms with Crippen LogP contribution < -0.4 is 16.2 Å². The Morgan fingerprint density at radius 3 is 2.70 bits per heavy atom. The number of halogens is 1. The summed E-state index contributed by atoms with van der Waals surface area (Å²) in [4.78, 5) is 46.6. The molecule has 3 aromatic rings. The first-order chi connectivity index (χ1) is 14.4. The van der Waals surface area contributed by atoms with E-state index in [1.54, 1.807) is 23.6 Å². The van der Waals surface area contributed by atoms with Gasteiger partial charge in [-0.05, 0) is 11.6 Å². The lowest BCUT2D eigenvalue weighted by atomic mass is 10.2. The first-order valence-corrected chi connectivity index (χ1v) is 10.7. The number of likely N-dealkylation sites (N-methyl/N-ethyl adjacent to an activating group) is 1. The smallest absolute Gasteiger partial charge is 0.251 e. The van der Waals surface area contributed by atoms with Gasteiger partial charge in [0, 0.05) is 24.2 Å². The minimum absolute atomic E-state index is 0.123. The van der Waals surface area contributed by atoms with Gasteiger partial charge in [0.15, 0.2) is 10.3 Å². The third-order valence-electron chi connectivity index (χ3n) is 3.86. The summed E-state index contributed by atoms with van der Waals surface area (Å²) in [6, 6.07) is 7.60.